The Labute approximate surface area is 129 Å². The molecule has 0 radical (unpaired) electrons. The molecule has 1 aliphatic rings. The number of anilines is 1. The molecular formula is C16H20N4O2. The first-order valence-electron chi connectivity index (χ1n) is 7.34. The minimum atomic E-state index is -0.275. The predicted molar refractivity (Wildman–Crippen MR) is 85.8 cm³/mol. The average Bonchev–Trinajstić information content (AvgIpc) is 2.98. The van der Waals surface area contributed by atoms with E-state index in [4.69, 9.17) is 0 Å². The van der Waals surface area contributed by atoms with Gasteiger partial charge >= 0.3 is 0 Å². The van der Waals surface area contributed by atoms with E-state index in [0.29, 0.717) is 11.7 Å². The van der Waals surface area contributed by atoms with Crippen molar-refractivity contribution in [2.75, 3.05) is 32.1 Å². The molecule has 0 amide bonds. The topological polar surface area (TPSA) is 61.6 Å². The van der Waals surface area contributed by atoms with Gasteiger partial charge in [0.2, 0.25) is 0 Å². The number of aromatic nitrogens is 2. The van der Waals surface area contributed by atoms with Crippen LogP contribution >= 0.6 is 0 Å². The SMILES string of the molecule is CN(C)C1CCN(c2ccc(-n3ccc(O)cc3=O)cn2)C1. The number of aromatic hydroxyl groups is 1. The number of nitrogens with zero attached hydrogens (tertiary/aromatic N) is 4. The van der Waals surface area contributed by atoms with Crippen LogP contribution in [0.3, 0.4) is 0 Å². The molecule has 1 fully saturated rings. The van der Waals surface area contributed by atoms with Gasteiger partial charge in [0.05, 0.1) is 11.9 Å². The smallest absolute Gasteiger partial charge is 0.258 e. The van der Waals surface area contributed by atoms with Gasteiger partial charge in [-0.1, -0.05) is 0 Å². The lowest BCUT2D eigenvalue weighted by molar-refractivity contribution is 0.315. The molecular weight excluding hydrogens is 280 g/mol. The van der Waals surface area contributed by atoms with Gasteiger partial charge in [-0.15, -0.1) is 0 Å². The van der Waals surface area contributed by atoms with Crippen molar-refractivity contribution in [2.45, 2.75) is 12.5 Å². The van der Waals surface area contributed by atoms with E-state index in [1.807, 2.05) is 12.1 Å². The van der Waals surface area contributed by atoms with Crippen LogP contribution in [0.25, 0.3) is 5.69 Å². The number of hydrogen-bond acceptors (Lipinski definition) is 5. The van der Waals surface area contributed by atoms with Crippen molar-refractivity contribution in [2.24, 2.45) is 0 Å². The van der Waals surface area contributed by atoms with E-state index in [-0.39, 0.29) is 11.3 Å². The molecule has 0 aliphatic carbocycles. The fourth-order valence-electron chi connectivity index (χ4n) is 2.76. The Morgan fingerprint density at radius 1 is 1.32 bits per heavy atom. The first kappa shape index (κ1) is 14.6. The van der Waals surface area contributed by atoms with Crippen LogP contribution in [-0.4, -0.2) is 52.8 Å². The second-order valence-electron chi connectivity index (χ2n) is 5.82. The van der Waals surface area contributed by atoms with Crippen molar-refractivity contribution < 1.29 is 5.11 Å². The molecule has 6 heteroatoms. The van der Waals surface area contributed by atoms with Crippen molar-refractivity contribution in [1.82, 2.24) is 14.5 Å². The summed E-state index contributed by atoms with van der Waals surface area (Å²) >= 11 is 0. The third-order valence-corrected chi connectivity index (χ3v) is 4.13. The summed E-state index contributed by atoms with van der Waals surface area (Å²) in [5.74, 6) is 0.901. The third-order valence-electron chi connectivity index (χ3n) is 4.13. The van der Waals surface area contributed by atoms with Crippen LogP contribution < -0.4 is 10.5 Å². The minimum absolute atomic E-state index is 0.0300. The summed E-state index contributed by atoms with van der Waals surface area (Å²) in [5.41, 5.74) is 0.417. The quantitative estimate of drug-likeness (QED) is 0.919. The standard InChI is InChI=1S/C16H20N4O2/c1-18(2)13-5-7-19(11-13)15-4-3-12(10-17-15)20-8-6-14(21)9-16(20)22/h3-4,6,8-10,13,21H,5,7,11H2,1-2H3. The maximum Gasteiger partial charge on any atom is 0.258 e. The highest BCUT2D eigenvalue weighted by molar-refractivity contribution is 5.44. The fourth-order valence-corrected chi connectivity index (χ4v) is 2.76. The highest BCUT2D eigenvalue weighted by atomic mass is 16.3. The summed E-state index contributed by atoms with van der Waals surface area (Å²) in [6.45, 7) is 1.97. The van der Waals surface area contributed by atoms with Gasteiger partial charge in [0, 0.05) is 31.4 Å². The second kappa shape index (κ2) is 5.81. The van der Waals surface area contributed by atoms with Crippen molar-refractivity contribution in [3.05, 3.63) is 47.0 Å². The van der Waals surface area contributed by atoms with Gasteiger partial charge in [-0.25, -0.2) is 4.98 Å². The summed E-state index contributed by atoms with van der Waals surface area (Å²) in [6.07, 6.45) is 4.37. The Kier molecular flexibility index (Phi) is 3.85. The summed E-state index contributed by atoms with van der Waals surface area (Å²) in [7, 11) is 4.20. The Morgan fingerprint density at radius 3 is 2.73 bits per heavy atom. The zero-order valence-electron chi connectivity index (χ0n) is 12.8. The molecule has 2 aromatic rings. The van der Waals surface area contributed by atoms with Crippen molar-refractivity contribution in [1.29, 1.82) is 0 Å². The summed E-state index contributed by atoms with van der Waals surface area (Å²) in [4.78, 5) is 20.8. The molecule has 1 aliphatic heterocycles. The zero-order chi connectivity index (χ0) is 15.7. The van der Waals surface area contributed by atoms with E-state index in [1.54, 1.807) is 12.4 Å². The maximum absolute atomic E-state index is 11.9. The Bertz CT molecular complexity index is 709. The monoisotopic (exact) mass is 300 g/mol. The molecule has 116 valence electrons. The van der Waals surface area contributed by atoms with Gasteiger partial charge in [0.25, 0.3) is 5.56 Å². The molecule has 3 rings (SSSR count). The van der Waals surface area contributed by atoms with Crippen molar-refractivity contribution in [3.8, 4) is 11.4 Å². The van der Waals surface area contributed by atoms with Crippen LogP contribution in [0.1, 0.15) is 6.42 Å². The molecule has 2 aromatic heterocycles. The lowest BCUT2D eigenvalue weighted by Gasteiger charge is -2.21. The normalized spacial score (nSPS) is 18.1. The van der Waals surface area contributed by atoms with Gasteiger partial charge in [-0.05, 0) is 38.7 Å². The molecule has 1 atom stereocenters. The fraction of sp³-hybridized carbons (Fsp3) is 0.375. The van der Waals surface area contributed by atoms with E-state index in [0.717, 1.165) is 25.3 Å². The molecule has 6 nitrogen and oxygen atoms in total. The predicted octanol–water partition coefficient (Wildman–Crippen LogP) is 1.08. The number of hydrogen-bond donors (Lipinski definition) is 1. The van der Waals surface area contributed by atoms with Crippen LogP contribution in [0.2, 0.25) is 0 Å². The highest BCUT2D eigenvalue weighted by Crippen LogP contribution is 2.21. The molecule has 0 aromatic carbocycles. The Morgan fingerprint density at radius 2 is 2.14 bits per heavy atom. The largest absolute Gasteiger partial charge is 0.508 e. The molecule has 1 unspecified atom stereocenters. The lowest BCUT2D eigenvalue weighted by Crippen LogP contribution is -2.31. The molecule has 1 N–H and O–H groups in total. The average molecular weight is 300 g/mol. The Balaban J connectivity index is 1.80. The van der Waals surface area contributed by atoms with Crippen LogP contribution in [-0.2, 0) is 0 Å². The first-order valence-corrected chi connectivity index (χ1v) is 7.34. The van der Waals surface area contributed by atoms with Crippen LogP contribution in [0, 0.1) is 0 Å². The highest BCUT2D eigenvalue weighted by Gasteiger charge is 2.24. The number of rotatable bonds is 3. The van der Waals surface area contributed by atoms with Crippen LogP contribution in [0.15, 0.2) is 41.5 Å². The van der Waals surface area contributed by atoms with Crippen molar-refractivity contribution >= 4 is 5.82 Å². The summed E-state index contributed by atoms with van der Waals surface area (Å²) < 4.78 is 1.46. The van der Waals surface area contributed by atoms with Crippen molar-refractivity contribution in [3.63, 3.8) is 0 Å². The third kappa shape index (κ3) is 2.82. The van der Waals surface area contributed by atoms with E-state index in [9.17, 15) is 9.90 Å². The zero-order valence-corrected chi connectivity index (χ0v) is 12.8. The van der Waals surface area contributed by atoms with E-state index in [2.05, 4.69) is 28.9 Å². The number of pyridine rings is 2. The van der Waals surface area contributed by atoms with E-state index in [1.165, 1.54) is 16.7 Å². The minimum Gasteiger partial charge on any atom is -0.508 e. The van der Waals surface area contributed by atoms with Gasteiger partial charge < -0.3 is 14.9 Å². The maximum atomic E-state index is 11.9. The van der Waals surface area contributed by atoms with E-state index >= 15 is 0 Å². The second-order valence-corrected chi connectivity index (χ2v) is 5.82. The molecule has 22 heavy (non-hydrogen) atoms. The van der Waals surface area contributed by atoms with E-state index < -0.39 is 0 Å². The molecule has 3 heterocycles. The van der Waals surface area contributed by atoms with Gasteiger partial charge in [-0.3, -0.25) is 9.36 Å². The summed E-state index contributed by atoms with van der Waals surface area (Å²) in [5, 5.41) is 9.30. The molecule has 0 spiro atoms. The first-order chi connectivity index (χ1) is 10.5. The summed E-state index contributed by atoms with van der Waals surface area (Å²) in [6, 6.07) is 7.05. The van der Waals surface area contributed by atoms with Crippen LogP contribution in [0.4, 0.5) is 5.82 Å². The molecule has 1 saturated heterocycles. The van der Waals surface area contributed by atoms with Gasteiger partial charge in [0.1, 0.15) is 11.6 Å². The molecule has 0 saturated carbocycles. The Hall–Kier alpha value is -2.34. The number of likely N-dealkylation sites (N-methyl/N-ethyl adjacent to an activating group) is 1. The van der Waals surface area contributed by atoms with Gasteiger partial charge in [0.15, 0.2) is 0 Å². The lowest BCUT2D eigenvalue weighted by atomic mass is 10.2. The van der Waals surface area contributed by atoms with Crippen LogP contribution in [0.5, 0.6) is 5.75 Å². The molecule has 0 bridgehead atoms. The van der Waals surface area contributed by atoms with Gasteiger partial charge in [-0.2, -0.15) is 0 Å².